The van der Waals surface area contributed by atoms with Gasteiger partial charge in [-0.25, -0.2) is 0 Å². The van der Waals surface area contributed by atoms with Crippen LogP contribution in [0.3, 0.4) is 0 Å². The van der Waals surface area contributed by atoms with E-state index >= 15 is 0 Å². The molecule has 0 aliphatic carbocycles. The Morgan fingerprint density at radius 2 is 1.90 bits per heavy atom. The second-order valence-corrected chi connectivity index (χ2v) is 5.65. The van der Waals surface area contributed by atoms with Crippen molar-refractivity contribution in [2.75, 3.05) is 24.5 Å². The molecule has 2 aromatic rings. The summed E-state index contributed by atoms with van der Waals surface area (Å²) in [5, 5.41) is 0. The highest BCUT2D eigenvalue weighted by Gasteiger charge is 2.23. The molecule has 2 heteroatoms. The number of hydrogen-bond acceptors (Lipinski definition) is 2. The Kier molecular flexibility index (Phi) is 3.75. The van der Waals surface area contributed by atoms with Gasteiger partial charge in [0.1, 0.15) is 0 Å². The zero-order chi connectivity index (χ0) is 13.9. The highest BCUT2D eigenvalue weighted by Crippen LogP contribution is 2.33. The number of benzene rings is 2. The molecule has 3 rings (SSSR count). The van der Waals surface area contributed by atoms with E-state index in [9.17, 15) is 0 Å². The lowest BCUT2D eigenvalue weighted by atomic mass is 9.99. The molecular weight excluding hydrogens is 244 g/mol. The van der Waals surface area contributed by atoms with E-state index in [-0.39, 0.29) is 0 Å². The molecule has 0 spiro atoms. The highest BCUT2D eigenvalue weighted by atomic mass is 15.2. The van der Waals surface area contributed by atoms with Gasteiger partial charge in [0, 0.05) is 18.8 Å². The molecule has 0 aromatic heterocycles. The Labute approximate surface area is 121 Å². The molecule has 20 heavy (non-hydrogen) atoms. The fraction of sp³-hybridized carbons (Fsp3) is 0.333. The molecule has 2 nitrogen and oxygen atoms in total. The third kappa shape index (κ3) is 2.44. The second kappa shape index (κ2) is 5.68. The fourth-order valence-corrected chi connectivity index (χ4v) is 3.14. The Hall–Kier alpha value is -1.80. The molecule has 0 bridgehead atoms. The van der Waals surface area contributed by atoms with Crippen molar-refractivity contribution in [2.24, 2.45) is 11.7 Å². The van der Waals surface area contributed by atoms with Crippen LogP contribution < -0.4 is 10.6 Å². The minimum absolute atomic E-state index is 0.648. The van der Waals surface area contributed by atoms with Gasteiger partial charge in [-0.1, -0.05) is 42.5 Å². The van der Waals surface area contributed by atoms with Gasteiger partial charge in [0.15, 0.2) is 0 Å². The number of hydrogen-bond donors (Lipinski definition) is 1. The van der Waals surface area contributed by atoms with Crippen LogP contribution in [0, 0.1) is 12.8 Å². The van der Waals surface area contributed by atoms with Crippen LogP contribution >= 0.6 is 0 Å². The van der Waals surface area contributed by atoms with Crippen LogP contribution in [0.15, 0.2) is 48.5 Å². The molecule has 104 valence electrons. The maximum Gasteiger partial charge on any atom is 0.0402 e. The van der Waals surface area contributed by atoms with E-state index in [0.29, 0.717) is 5.92 Å². The van der Waals surface area contributed by atoms with Crippen LogP contribution in [0.2, 0.25) is 0 Å². The lowest BCUT2D eigenvalue weighted by molar-refractivity contribution is 0.602. The lowest BCUT2D eigenvalue weighted by Gasteiger charge is -2.22. The molecule has 0 saturated carbocycles. The quantitative estimate of drug-likeness (QED) is 0.922. The number of nitrogens with two attached hydrogens (primary N) is 1. The zero-order valence-corrected chi connectivity index (χ0v) is 12.0. The van der Waals surface area contributed by atoms with Gasteiger partial charge in [-0.15, -0.1) is 0 Å². The monoisotopic (exact) mass is 266 g/mol. The van der Waals surface area contributed by atoms with Gasteiger partial charge in [0.05, 0.1) is 0 Å². The average molecular weight is 266 g/mol. The van der Waals surface area contributed by atoms with Crippen LogP contribution in [0.25, 0.3) is 11.1 Å². The minimum atomic E-state index is 0.648. The summed E-state index contributed by atoms with van der Waals surface area (Å²) in [6.07, 6.45) is 1.21. The van der Waals surface area contributed by atoms with Crippen LogP contribution in [-0.4, -0.2) is 19.6 Å². The molecule has 2 aromatic carbocycles. The number of rotatable bonds is 3. The summed E-state index contributed by atoms with van der Waals surface area (Å²) in [4.78, 5) is 2.49. The van der Waals surface area contributed by atoms with Crippen molar-refractivity contribution in [2.45, 2.75) is 13.3 Å². The van der Waals surface area contributed by atoms with Gasteiger partial charge in [0.25, 0.3) is 0 Å². The predicted molar refractivity (Wildman–Crippen MR) is 86.0 cm³/mol. The maximum absolute atomic E-state index is 5.81. The third-order valence-corrected chi connectivity index (χ3v) is 4.35. The standard InChI is InChI=1S/C18H22N2/c1-14-17(16-6-3-2-4-7-16)8-5-9-18(14)20-11-10-15(12-19)13-20/h2-9,15H,10-13,19H2,1H3. The first kappa shape index (κ1) is 13.2. The van der Waals surface area contributed by atoms with E-state index in [1.165, 1.54) is 28.8 Å². The average Bonchev–Trinajstić information content (AvgIpc) is 2.97. The van der Waals surface area contributed by atoms with Crippen molar-refractivity contribution in [3.63, 3.8) is 0 Å². The summed E-state index contributed by atoms with van der Waals surface area (Å²) in [7, 11) is 0. The van der Waals surface area contributed by atoms with E-state index in [1.807, 2.05) is 0 Å². The molecule has 0 amide bonds. The Bertz CT molecular complexity index is 577. The summed E-state index contributed by atoms with van der Waals surface area (Å²) in [5.74, 6) is 0.648. The van der Waals surface area contributed by atoms with Crippen molar-refractivity contribution in [3.05, 3.63) is 54.1 Å². The topological polar surface area (TPSA) is 29.3 Å². The molecule has 2 N–H and O–H groups in total. The van der Waals surface area contributed by atoms with Crippen molar-refractivity contribution in [1.29, 1.82) is 0 Å². The highest BCUT2D eigenvalue weighted by molar-refractivity contribution is 5.74. The zero-order valence-electron chi connectivity index (χ0n) is 12.0. The van der Waals surface area contributed by atoms with Crippen LogP contribution in [0.4, 0.5) is 5.69 Å². The normalized spacial score (nSPS) is 18.5. The van der Waals surface area contributed by atoms with Crippen molar-refractivity contribution >= 4 is 5.69 Å². The largest absolute Gasteiger partial charge is 0.371 e. The molecule has 0 radical (unpaired) electrons. The summed E-state index contributed by atoms with van der Waals surface area (Å²) in [6.45, 7) is 5.25. The lowest BCUT2D eigenvalue weighted by Crippen LogP contribution is -2.23. The Balaban J connectivity index is 1.94. The molecule has 1 aliphatic rings. The molecule has 1 heterocycles. The van der Waals surface area contributed by atoms with Gasteiger partial charge in [0.2, 0.25) is 0 Å². The molecule has 1 atom stereocenters. The van der Waals surface area contributed by atoms with Crippen molar-refractivity contribution in [3.8, 4) is 11.1 Å². The van der Waals surface area contributed by atoms with Crippen LogP contribution in [-0.2, 0) is 0 Å². The van der Waals surface area contributed by atoms with E-state index < -0.39 is 0 Å². The van der Waals surface area contributed by atoms with Gasteiger partial charge in [-0.3, -0.25) is 0 Å². The van der Waals surface area contributed by atoms with Gasteiger partial charge < -0.3 is 10.6 Å². The van der Waals surface area contributed by atoms with E-state index in [0.717, 1.165) is 19.6 Å². The van der Waals surface area contributed by atoms with E-state index in [4.69, 9.17) is 5.73 Å². The summed E-state index contributed by atoms with van der Waals surface area (Å²) >= 11 is 0. The van der Waals surface area contributed by atoms with Crippen LogP contribution in [0.5, 0.6) is 0 Å². The summed E-state index contributed by atoms with van der Waals surface area (Å²) < 4.78 is 0. The maximum atomic E-state index is 5.81. The van der Waals surface area contributed by atoms with E-state index in [2.05, 4.69) is 60.4 Å². The van der Waals surface area contributed by atoms with Gasteiger partial charge >= 0.3 is 0 Å². The summed E-state index contributed by atoms with van der Waals surface area (Å²) in [5.41, 5.74) is 11.2. The van der Waals surface area contributed by atoms with Crippen molar-refractivity contribution < 1.29 is 0 Å². The Morgan fingerprint density at radius 3 is 2.60 bits per heavy atom. The van der Waals surface area contributed by atoms with Gasteiger partial charge in [-0.05, 0) is 48.6 Å². The SMILES string of the molecule is Cc1c(-c2ccccc2)cccc1N1CCC(CN)C1. The Morgan fingerprint density at radius 1 is 1.10 bits per heavy atom. The molecule has 1 unspecified atom stereocenters. The number of nitrogens with zero attached hydrogens (tertiary/aromatic N) is 1. The minimum Gasteiger partial charge on any atom is -0.371 e. The van der Waals surface area contributed by atoms with Gasteiger partial charge in [-0.2, -0.15) is 0 Å². The summed E-state index contributed by atoms with van der Waals surface area (Å²) in [6, 6.07) is 17.2. The first-order valence-corrected chi connectivity index (χ1v) is 7.39. The first-order valence-electron chi connectivity index (χ1n) is 7.39. The fourth-order valence-electron chi connectivity index (χ4n) is 3.14. The first-order chi connectivity index (χ1) is 9.79. The molecule has 1 aliphatic heterocycles. The predicted octanol–water partition coefficient (Wildman–Crippen LogP) is 3.45. The third-order valence-electron chi connectivity index (χ3n) is 4.35. The van der Waals surface area contributed by atoms with E-state index in [1.54, 1.807) is 0 Å². The molecule has 1 fully saturated rings. The molecule has 1 saturated heterocycles. The van der Waals surface area contributed by atoms with Crippen molar-refractivity contribution in [1.82, 2.24) is 0 Å². The second-order valence-electron chi connectivity index (χ2n) is 5.65. The smallest absolute Gasteiger partial charge is 0.0402 e. The molecular formula is C18H22N2. The number of anilines is 1. The van der Waals surface area contributed by atoms with Crippen LogP contribution in [0.1, 0.15) is 12.0 Å².